The second-order valence-electron chi connectivity index (χ2n) is 12.5. The molecular weight excluding hydrogens is 376 g/mol. The van der Waals surface area contributed by atoms with E-state index in [1.165, 1.54) is 57.8 Å². The Kier molecular flexibility index (Phi) is 5.60. The highest BCUT2D eigenvalue weighted by Gasteiger charge is 2.56. The molecule has 0 N–H and O–H groups in total. The minimum absolute atomic E-state index is 0.442. The Morgan fingerprint density at radius 1 is 0.821 bits per heavy atom. The third-order valence-electron chi connectivity index (χ3n) is 8.26. The molecule has 2 fully saturated rings. The molecule has 160 valence electrons. The van der Waals surface area contributed by atoms with Crippen molar-refractivity contribution < 1.29 is 8.85 Å². The van der Waals surface area contributed by atoms with Crippen molar-refractivity contribution in [2.75, 3.05) is 0 Å². The second kappa shape index (κ2) is 7.35. The van der Waals surface area contributed by atoms with Crippen LogP contribution in [0.1, 0.15) is 64.7 Å². The van der Waals surface area contributed by atoms with Crippen LogP contribution in [0.15, 0.2) is 11.1 Å². The minimum atomic E-state index is -1.46. The van der Waals surface area contributed by atoms with Crippen LogP contribution in [0.2, 0.25) is 39.3 Å². The molecule has 0 unspecified atom stereocenters. The Hall–Kier alpha value is 0.0938. The van der Waals surface area contributed by atoms with Crippen LogP contribution in [0.4, 0.5) is 0 Å². The fourth-order valence-corrected chi connectivity index (χ4v) is 9.79. The summed E-state index contributed by atoms with van der Waals surface area (Å²) in [6, 6.07) is 0. The van der Waals surface area contributed by atoms with E-state index in [1.807, 2.05) is 11.1 Å². The van der Waals surface area contributed by atoms with Gasteiger partial charge in [0.05, 0.1) is 6.10 Å². The van der Waals surface area contributed by atoms with Crippen LogP contribution in [-0.4, -0.2) is 28.8 Å². The highest BCUT2D eigenvalue weighted by Crippen LogP contribution is 2.62. The third-order valence-corrected chi connectivity index (χ3v) is 10.3. The maximum atomic E-state index is 6.73. The van der Waals surface area contributed by atoms with Gasteiger partial charge in [-0.05, 0) is 120 Å². The molecule has 0 aromatic heterocycles. The lowest BCUT2D eigenvalue weighted by molar-refractivity contribution is -0.0248. The van der Waals surface area contributed by atoms with Crippen LogP contribution in [0, 0.1) is 23.2 Å². The standard InChI is InChI=1S/C24H44O2Si2/c1-24-15-14-20-19-11-9-18(25-27(2,3)4)16-17(19)8-10-21(20)22(24)12-13-23(24)26-28(5,6)7/h18,20-23H,8-16H2,1-7H3/t18-,20-,21-,22+,23+,24+/m1/s1. The summed E-state index contributed by atoms with van der Waals surface area (Å²) in [5.74, 6) is 2.72. The lowest BCUT2D eigenvalue weighted by Gasteiger charge is -2.53. The van der Waals surface area contributed by atoms with Crippen molar-refractivity contribution in [2.24, 2.45) is 23.2 Å². The van der Waals surface area contributed by atoms with E-state index in [9.17, 15) is 0 Å². The molecule has 4 aliphatic rings. The smallest absolute Gasteiger partial charge is 0.184 e. The maximum absolute atomic E-state index is 6.73. The van der Waals surface area contributed by atoms with E-state index in [-0.39, 0.29) is 0 Å². The van der Waals surface area contributed by atoms with Crippen LogP contribution in [0.3, 0.4) is 0 Å². The summed E-state index contributed by atoms with van der Waals surface area (Å²) in [6.07, 6.45) is 13.2. The Morgan fingerprint density at radius 2 is 1.54 bits per heavy atom. The Balaban J connectivity index is 1.49. The summed E-state index contributed by atoms with van der Waals surface area (Å²) in [5.41, 5.74) is 4.15. The Morgan fingerprint density at radius 3 is 2.21 bits per heavy atom. The van der Waals surface area contributed by atoms with Crippen molar-refractivity contribution in [2.45, 2.75) is 116 Å². The average molecular weight is 421 g/mol. The van der Waals surface area contributed by atoms with Gasteiger partial charge in [0.2, 0.25) is 0 Å². The number of fused-ring (bicyclic) bond motifs is 4. The summed E-state index contributed by atoms with van der Waals surface area (Å²) in [6.45, 7) is 16.7. The van der Waals surface area contributed by atoms with Gasteiger partial charge in [0.25, 0.3) is 0 Å². The summed E-state index contributed by atoms with van der Waals surface area (Å²) >= 11 is 0. The second-order valence-corrected chi connectivity index (χ2v) is 21.4. The van der Waals surface area contributed by atoms with Crippen molar-refractivity contribution in [3.63, 3.8) is 0 Å². The summed E-state index contributed by atoms with van der Waals surface area (Å²) < 4.78 is 13.2. The van der Waals surface area contributed by atoms with Gasteiger partial charge in [0.1, 0.15) is 0 Å². The summed E-state index contributed by atoms with van der Waals surface area (Å²) in [5, 5.41) is 0. The molecule has 0 spiro atoms. The molecule has 0 radical (unpaired) electrons. The molecule has 28 heavy (non-hydrogen) atoms. The van der Waals surface area contributed by atoms with E-state index in [0.29, 0.717) is 17.6 Å². The lowest BCUT2D eigenvalue weighted by Crippen LogP contribution is -2.48. The van der Waals surface area contributed by atoms with Crippen molar-refractivity contribution in [3.8, 4) is 0 Å². The number of allylic oxidation sites excluding steroid dienone is 1. The molecule has 0 saturated heterocycles. The molecule has 0 aromatic rings. The first-order chi connectivity index (χ1) is 13.0. The zero-order valence-corrected chi connectivity index (χ0v) is 21.6. The molecule has 0 aliphatic heterocycles. The molecular formula is C24H44O2Si2. The normalized spacial score (nSPS) is 41.5. The molecule has 4 rings (SSSR count). The van der Waals surface area contributed by atoms with Gasteiger partial charge in [-0.2, -0.15) is 0 Å². The van der Waals surface area contributed by atoms with Crippen LogP contribution < -0.4 is 0 Å². The summed E-state index contributed by atoms with van der Waals surface area (Å²) in [7, 11) is -2.89. The van der Waals surface area contributed by atoms with E-state index >= 15 is 0 Å². The molecule has 0 bridgehead atoms. The first-order valence-electron chi connectivity index (χ1n) is 12.0. The Bertz CT molecular complexity index is 629. The summed E-state index contributed by atoms with van der Waals surface area (Å²) in [4.78, 5) is 0. The minimum Gasteiger partial charge on any atom is -0.414 e. The maximum Gasteiger partial charge on any atom is 0.184 e. The fraction of sp³-hybridized carbons (Fsp3) is 0.917. The van der Waals surface area contributed by atoms with Gasteiger partial charge < -0.3 is 8.85 Å². The number of rotatable bonds is 4. The lowest BCUT2D eigenvalue weighted by atomic mass is 9.54. The van der Waals surface area contributed by atoms with Crippen LogP contribution >= 0.6 is 0 Å². The van der Waals surface area contributed by atoms with E-state index in [1.54, 1.807) is 0 Å². The zero-order valence-electron chi connectivity index (χ0n) is 19.6. The first-order valence-corrected chi connectivity index (χ1v) is 18.8. The van der Waals surface area contributed by atoms with Gasteiger partial charge in [-0.25, -0.2) is 0 Å². The van der Waals surface area contributed by atoms with Crippen molar-refractivity contribution in [1.82, 2.24) is 0 Å². The van der Waals surface area contributed by atoms with E-state index in [2.05, 4.69) is 46.2 Å². The van der Waals surface area contributed by atoms with Crippen LogP contribution in [-0.2, 0) is 8.85 Å². The predicted molar refractivity (Wildman–Crippen MR) is 124 cm³/mol. The van der Waals surface area contributed by atoms with Gasteiger partial charge in [-0.1, -0.05) is 18.1 Å². The number of hydrogen-bond acceptors (Lipinski definition) is 2. The van der Waals surface area contributed by atoms with E-state index in [0.717, 1.165) is 17.8 Å². The highest BCUT2D eigenvalue weighted by atomic mass is 28.4. The molecule has 0 heterocycles. The van der Waals surface area contributed by atoms with Gasteiger partial charge in [0.15, 0.2) is 16.6 Å². The molecule has 2 saturated carbocycles. The van der Waals surface area contributed by atoms with Gasteiger partial charge in [0, 0.05) is 6.10 Å². The monoisotopic (exact) mass is 420 g/mol. The van der Waals surface area contributed by atoms with Gasteiger partial charge in [-0.3, -0.25) is 0 Å². The predicted octanol–water partition coefficient (Wildman–Crippen LogP) is 7.14. The fourth-order valence-electron chi connectivity index (χ4n) is 7.35. The van der Waals surface area contributed by atoms with Crippen molar-refractivity contribution in [3.05, 3.63) is 11.1 Å². The van der Waals surface area contributed by atoms with Gasteiger partial charge >= 0.3 is 0 Å². The van der Waals surface area contributed by atoms with Crippen molar-refractivity contribution in [1.29, 1.82) is 0 Å². The SMILES string of the molecule is C[C@]12CC[C@@H]3C4=C(CC[C@H]3[C@@H]1CC[C@@H]2O[Si](C)(C)C)C[C@H](O[Si](C)(C)C)CC4. The first kappa shape index (κ1) is 21.3. The Labute approximate surface area is 176 Å². The quantitative estimate of drug-likeness (QED) is 0.355. The molecule has 4 aliphatic carbocycles. The van der Waals surface area contributed by atoms with Crippen molar-refractivity contribution >= 4 is 16.6 Å². The van der Waals surface area contributed by atoms with E-state index in [4.69, 9.17) is 8.85 Å². The van der Waals surface area contributed by atoms with E-state index < -0.39 is 16.6 Å². The van der Waals surface area contributed by atoms with Crippen LogP contribution in [0.25, 0.3) is 0 Å². The third kappa shape index (κ3) is 4.13. The number of hydrogen-bond donors (Lipinski definition) is 0. The largest absolute Gasteiger partial charge is 0.414 e. The van der Waals surface area contributed by atoms with Gasteiger partial charge in [-0.15, -0.1) is 0 Å². The molecule has 2 nitrogen and oxygen atoms in total. The zero-order chi connectivity index (χ0) is 20.3. The topological polar surface area (TPSA) is 18.5 Å². The average Bonchev–Trinajstić information content (AvgIpc) is 2.88. The highest BCUT2D eigenvalue weighted by molar-refractivity contribution is 6.70. The molecule has 4 heteroatoms. The van der Waals surface area contributed by atoms with Crippen LogP contribution in [0.5, 0.6) is 0 Å². The molecule has 6 atom stereocenters. The molecule has 0 amide bonds. The molecule has 0 aromatic carbocycles.